The van der Waals surface area contributed by atoms with E-state index in [4.69, 9.17) is 4.74 Å². The third-order valence-electron chi connectivity index (χ3n) is 3.46. The second kappa shape index (κ2) is 9.84. The van der Waals surface area contributed by atoms with Crippen molar-refractivity contribution in [2.45, 2.75) is 33.6 Å². The van der Waals surface area contributed by atoms with E-state index in [1.807, 2.05) is 32.9 Å². The smallest absolute Gasteiger partial charge is 0.325 e. The molecule has 5 nitrogen and oxygen atoms in total. The van der Waals surface area contributed by atoms with Crippen molar-refractivity contribution in [2.24, 2.45) is 0 Å². The highest BCUT2D eigenvalue weighted by Crippen LogP contribution is 2.31. The minimum Gasteiger partial charge on any atom is -0.468 e. The lowest BCUT2D eigenvalue weighted by atomic mass is 10.1. The SMILES string of the molecule is CCCC(=O)SCC(=O)N(CC(=O)OC)c1c(C)ccc(Br)c1C. The summed E-state index contributed by atoms with van der Waals surface area (Å²) in [6.07, 6.45) is 1.18. The number of amides is 1. The van der Waals surface area contributed by atoms with Gasteiger partial charge in [-0.1, -0.05) is 40.7 Å². The van der Waals surface area contributed by atoms with Crippen LogP contribution in [0.4, 0.5) is 5.69 Å². The molecule has 0 radical (unpaired) electrons. The van der Waals surface area contributed by atoms with E-state index in [9.17, 15) is 14.4 Å². The third kappa shape index (κ3) is 5.63. The Morgan fingerprint density at radius 1 is 1.25 bits per heavy atom. The number of halogens is 1. The molecule has 0 spiro atoms. The fraction of sp³-hybridized carbons (Fsp3) is 0.471. The molecule has 0 heterocycles. The van der Waals surface area contributed by atoms with Gasteiger partial charge in [-0.15, -0.1) is 0 Å². The number of hydrogen-bond donors (Lipinski definition) is 0. The Kier molecular flexibility index (Phi) is 8.48. The lowest BCUT2D eigenvalue weighted by Gasteiger charge is -2.25. The van der Waals surface area contributed by atoms with Crippen LogP contribution in [-0.4, -0.2) is 36.4 Å². The van der Waals surface area contributed by atoms with Crippen LogP contribution in [0.2, 0.25) is 0 Å². The summed E-state index contributed by atoms with van der Waals surface area (Å²) < 4.78 is 5.56. The lowest BCUT2D eigenvalue weighted by molar-refractivity contribution is -0.139. The summed E-state index contributed by atoms with van der Waals surface area (Å²) in [6.45, 7) is 5.48. The number of carbonyl (C=O) groups excluding carboxylic acids is 3. The molecule has 0 aliphatic rings. The second-order valence-corrected chi connectivity index (χ2v) is 7.19. The lowest BCUT2D eigenvalue weighted by Crippen LogP contribution is -2.38. The quantitative estimate of drug-likeness (QED) is 0.636. The highest BCUT2D eigenvalue weighted by atomic mass is 79.9. The van der Waals surface area contributed by atoms with Gasteiger partial charge in [0.15, 0.2) is 5.12 Å². The highest BCUT2D eigenvalue weighted by Gasteiger charge is 2.24. The monoisotopic (exact) mass is 415 g/mol. The van der Waals surface area contributed by atoms with Crippen molar-refractivity contribution < 1.29 is 19.1 Å². The molecule has 7 heteroatoms. The zero-order valence-electron chi connectivity index (χ0n) is 14.3. The summed E-state index contributed by atoms with van der Waals surface area (Å²) in [5.41, 5.74) is 2.40. The predicted molar refractivity (Wildman–Crippen MR) is 100 cm³/mol. The summed E-state index contributed by atoms with van der Waals surface area (Å²) in [7, 11) is 1.28. The Balaban J connectivity index is 3.09. The van der Waals surface area contributed by atoms with Gasteiger partial charge < -0.3 is 4.74 Å². The summed E-state index contributed by atoms with van der Waals surface area (Å²) in [4.78, 5) is 37.5. The summed E-state index contributed by atoms with van der Waals surface area (Å²) in [6, 6.07) is 3.77. The van der Waals surface area contributed by atoms with Crippen LogP contribution in [0.5, 0.6) is 0 Å². The number of nitrogens with zero attached hydrogens (tertiary/aromatic N) is 1. The number of aryl methyl sites for hydroxylation is 1. The van der Waals surface area contributed by atoms with Crippen LogP contribution < -0.4 is 4.90 Å². The standard InChI is InChI=1S/C17H22BrNO4S/c1-5-6-16(22)24-10-14(20)19(9-15(21)23-4)17-11(2)7-8-13(18)12(17)3/h7-8H,5-6,9-10H2,1-4H3. The van der Waals surface area contributed by atoms with Crippen molar-refractivity contribution >= 4 is 50.4 Å². The van der Waals surface area contributed by atoms with Crippen molar-refractivity contribution in [1.82, 2.24) is 0 Å². The van der Waals surface area contributed by atoms with Crippen LogP contribution in [0.15, 0.2) is 16.6 Å². The van der Waals surface area contributed by atoms with E-state index in [1.54, 1.807) is 0 Å². The Morgan fingerprint density at radius 3 is 2.50 bits per heavy atom. The number of benzene rings is 1. The predicted octanol–water partition coefficient (Wildman–Crippen LogP) is 3.63. The highest BCUT2D eigenvalue weighted by molar-refractivity contribution is 9.10. The number of thioether (sulfide) groups is 1. The van der Waals surface area contributed by atoms with E-state index in [0.717, 1.165) is 33.8 Å². The van der Waals surface area contributed by atoms with Crippen molar-refractivity contribution in [3.8, 4) is 0 Å². The molecule has 0 aliphatic carbocycles. The largest absolute Gasteiger partial charge is 0.468 e. The number of esters is 1. The van der Waals surface area contributed by atoms with Crippen molar-refractivity contribution in [1.29, 1.82) is 0 Å². The second-order valence-electron chi connectivity index (χ2n) is 5.30. The van der Waals surface area contributed by atoms with E-state index in [1.165, 1.54) is 12.0 Å². The van der Waals surface area contributed by atoms with Crippen molar-refractivity contribution in [2.75, 3.05) is 24.3 Å². The van der Waals surface area contributed by atoms with Crippen molar-refractivity contribution in [3.63, 3.8) is 0 Å². The zero-order valence-corrected chi connectivity index (χ0v) is 16.8. The molecular weight excluding hydrogens is 394 g/mol. The number of rotatable bonds is 7. The summed E-state index contributed by atoms with van der Waals surface area (Å²) in [5, 5.41) is -0.0217. The minimum atomic E-state index is -0.507. The van der Waals surface area contributed by atoms with E-state index >= 15 is 0 Å². The first-order chi connectivity index (χ1) is 11.3. The molecule has 0 unspecified atom stereocenters. The first kappa shape index (κ1) is 20.7. The van der Waals surface area contributed by atoms with Crippen LogP contribution in [0.3, 0.4) is 0 Å². The Bertz CT molecular complexity index is 633. The minimum absolute atomic E-state index is 0.00121. The van der Waals surface area contributed by atoms with Gasteiger partial charge in [-0.2, -0.15) is 0 Å². The van der Waals surface area contributed by atoms with Gasteiger partial charge in [-0.25, -0.2) is 0 Å². The molecule has 0 aromatic heterocycles. The van der Waals surface area contributed by atoms with Gasteiger partial charge in [0.25, 0.3) is 0 Å². The van der Waals surface area contributed by atoms with Crippen molar-refractivity contribution in [3.05, 3.63) is 27.7 Å². The van der Waals surface area contributed by atoms with E-state index in [-0.39, 0.29) is 23.3 Å². The van der Waals surface area contributed by atoms with Gasteiger partial charge in [0.05, 0.1) is 18.6 Å². The molecule has 0 bridgehead atoms. The van der Waals surface area contributed by atoms with Gasteiger partial charge in [0, 0.05) is 10.9 Å². The molecule has 1 amide bonds. The molecule has 1 aromatic rings. The van der Waals surface area contributed by atoms with Gasteiger partial charge in [-0.05, 0) is 37.5 Å². The van der Waals surface area contributed by atoms with Crippen LogP contribution >= 0.6 is 27.7 Å². The molecule has 0 atom stereocenters. The van der Waals surface area contributed by atoms with Crippen LogP contribution in [0.1, 0.15) is 30.9 Å². The molecule has 0 N–H and O–H groups in total. The van der Waals surface area contributed by atoms with Gasteiger partial charge in [0.2, 0.25) is 5.91 Å². The van der Waals surface area contributed by atoms with Gasteiger partial charge in [0.1, 0.15) is 6.54 Å². The molecule has 0 saturated heterocycles. The maximum Gasteiger partial charge on any atom is 0.325 e. The Morgan fingerprint density at radius 2 is 1.92 bits per heavy atom. The summed E-state index contributed by atoms with van der Waals surface area (Å²) >= 11 is 4.44. The Hall–Kier alpha value is -1.34. The molecule has 132 valence electrons. The number of methoxy groups -OCH3 is 1. The van der Waals surface area contributed by atoms with E-state index in [0.29, 0.717) is 12.1 Å². The molecule has 0 fully saturated rings. The molecule has 24 heavy (non-hydrogen) atoms. The molecule has 1 rings (SSSR count). The number of hydrogen-bond acceptors (Lipinski definition) is 5. The normalized spacial score (nSPS) is 10.4. The molecule has 0 saturated carbocycles. The average molecular weight is 416 g/mol. The third-order valence-corrected chi connectivity index (χ3v) is 5.24. The maximum absolute atomic E-state index is 12.6. The topological polar surface area (TPSA) is 63.7 Å². The summed E-state index contributed by atoms with van der Waals surface area (Å²) in [5.74, 6) is -0.799. The van der Waals surface area contributed by atoms with Gasteiger partial charge in [-0.3, -0.25) is 19.3 Å². The first-order valence-corrected chi connectivity index (χ1v) is 9.38. The number of carbonyl (C=O) groups is 3. The number of anilines is 1. The molecular formula is C17H22BrNO4S. The molecule has 1 aromatic carbocycles. The fourth-order valence-corrected chi connectivity index (χ4v) is 3.32. The van der Waals surface area contributed by atoms with E-state index < -0.39 is 5.97 Å². The average Bonchev–Trinajstić information content (AvgIpc) is 2.55. The van der Waals surface area contributed by atoms with Gasteiger partial charge >= 0.3 is 5.97 Å². The zero-order chi connectivity index (χ0) is 18.3. The number of ether oxygens (including phenoxy) is 1. The first-order valence-electron chi connectivity index (χ1n) is 7.60. The van der Waals surface area contributed by atoms with E-state index in [2.05, 4.69) is 15.9 Å². The fourth-order valence-electron chi connectivity index (χ4n) is 2.21. The maximum atomic E-state index is 12.6. The van der Waals surface area contributed by atoms with Crippen LogP contribution in [0, 0.1) is 13.8 Å². The Labute approximate surface area is 155 Å². The van der Waals surface area contributed by atoms with Crippen LogP contribution in [-0.2, 0) is 19.1 Å². The molecule has 0 aliphatic heterocycles. The van der Waals surface area contributed by atoms with Crippen LogP contribution in [0.25, 0.3) is 0 Å².